The van der Waals surface area contributed by atoms with E-state index in [0.29, 0.717) is 30.5 Å². The van der Waals surface area contributed by atoms with Gasteiger partial charge in [0.25, 0.3) is 0 Å². The minimum Gasteiger partial charge on any atom is -0.507 e. The zero-order chi connectivity index (χ0) is 15.1. The van der Waals surface area contributed by atoms with Gasteiger partial charge in [-0.25, -0.2) is 4.79 Å². The Balaban J connectivity index is 3.15. The lowest BCUT2D eigenvalue weighted by atomic mass is 10.0. The number of hydrogen-bond donors (Lipinski definition) is 3. The number of nitrogens with one attached hydrogen (secondary N) is 1. The maximum Gasteiger partial charge on any atom is 0.341 e. The van der Waals surface area contributed by atoms with Crippen molar-refractivity contribution in [3.63, 3.8) is 0 Å². The monoisotopic (exact) mass is 281 g/mol. The van der Waals surface area contributed by atoms with Crippen LogP contribution in [-0.2, 0) is 16.0 Å². The van der Waals surface area contributed by atoms with Crippen molar-refractivity contribution in [3.8, 4) is 5.75 Å². The lowest BCUT2D eigenvalue weighted by Crippen LogP contribution is -2.10. The third kappa shape index (κ3) is 3.96. The first-order chi connectivity index (χ1) is 9.51. The number of aromatic hydroxyl groups is 1. The van der Waals surface area contributed by atoms with Crippen LogP contribution in [0, 0.1) is 0 Å². The molecule has 0 aliphatic heterocycles. The van der Waals surface area contributed by atoms with E-state index in [2.05, 4.69) is 10.1 Å². The number of esters is 1. The molecule has 6 nitrogen and oxygen atoms in total. The van der Waals surface area contributed by atoms with Crippen molar-refractivity contribution < 1.29 is 24.5 Å². The average molecular weight is 281 g/mol. The Morgan fingerprint density at radius 2 is 2.00 bits per heavy atom. The highest BCUT2D eigenvalue weighted by atomic mass is 16.5. The molecule has 20 heavy (non-hydrogen) atoms. The van der Waals surface area contributed by atoms with E-state index < -0.39 is 5.97 Å². The highest BCUT2D eigenvalue weighted by Gasteiger charge is 2.18. The summed E-state index contributed by atoms with van der Waals surface area (Å²) in [6.45, 7) is 1.41. The first-order valence-corrected chi connectivity index (χ1v) is 6.32. The Kier molecular flexibility index (Phi) is 5.99. The van der Waals surface area contributed by atoms with Gasteiger partial charge in [0.1, 0.15) is 11.3 Å². The summed E-state index contributed by atoms with van der Waals surface area (Å²) >= 11 is 0. The molecule has 6 heteroatoms. The van der Waals surface area contributed by atoms with Gasteiger partial charge in [0.05, 0.1) is 7.11 Å². The van der Waals surface area contributed by atoms with Crippen molar-refractivity contribution in [1.82, 2.24) is 0 Å². The van der Waals surface area contributed by atoms with Crippen molar-refractivity contribution in [3.05, 3.63) is 23.3 Å². The Bertz CT molecular complexity index is 499. The lowest BCUT2D eigenvalue weighted by Gasteiger charge is -2.14. The van der Waals surface area contributed by atoms with Crippen LogP contribution in [0.1, 0.15) is 35.7 Å². The maximum atomic E-state index is 11.5. The number of unbranched alkanes of at least 4 members (excludes halogenated alkanes) is 1. The number of anilines is 1. The van der Waals surface area contributed by atoms with Gasteiger partial charge in [-0.05, 0) is 31.4 Å². The first kappa shape index (κ1) is 16.0. The highest BCUT2D eigenvalue weighted by molar-refractivity contribution is 5.96. The molecule has 0 radical (unpaired) electrons. The first-order valence-electron chi connectivity index (χ1n) is 6.32. The van der Waals surface area contributed by atoms with Crippen LogP contribution in [0.3, 0.4) is 0 Å². The average Bonchev–Trinajstić information content (AvgIpc) is 2.41. The molecular formula is C14H19NO5. The van der Waals surface area contributed by atoms with E-state index in [4.69, 9.17) is 5.11 Å². The number of carbonyl (C=O) groups is 2. The van der Waals surface area contributed by atoms with Crippen LogP contribution in [-0.4, -0.2) is 35.8 Å². The highest BCUT2D eigenvalue weighted by Crippen LogP contribution is 2.31. The molecule has 1 aromatic rings. The summed E-state index contributed by atoms with van der Waals surface area (Å²) in [5.41, 5.74) is 0.984. The van der Waals surface area contributed by atoms with E-state index in [1.165, 1.54) is 20.1 Å². The number of phenolic OH excluding ortho intramolecular Hbond substituents is 1. The molecule has 1 amide bonds. The predicted molar refractivity (Wildman–Crippen MR) is 73.8 cm³/mol. The van der Waals surface area contributed by atoms with E-state index in [-0.39, 0.29) is 23.8 Å². The number of benzene rings is 1. The summed E-state index contributed by atoms with van der Waals surface area (Å²) in [5, 5.41) is 21.6. The molecule has 0 atom stereocenters. The van der Waals surface area contributed by atoms with Crippen LogP contribution in [0.2, 0.25) is 0 Å². The standard InChI is InChI=1S/C14H19NO5/c1-9(17)15-12-7-6-11(14(19)20-2)13(18)10(12)5-3-4-8-16/h6-7,16,18H,3-5,8H2,1-2H3,(H,15,17). The van der Waals surface area contributed by atoms with Crippen molar-refractivity contribution in [2.75, 3.05) is 19.0 Å². The largest absolute Gasteiger partial charge is 0.507 e. The third-order valence-electron chi connectivity index (χ3n) is 2.83. The second-order valence-electron chi connectivity index (χ2n) is 4.34. The zero-order valence-corrected chi connectivity index (χ0v) is 11.6. The van der Waals surface area contributed by atoms with Gasteiger partial charge in [-0.3, -0.25) is 4.79 Å². The van der Waals surface area contributed by atoms with Crippen molar-refractivity contribution in [1.29, 1.82) is 0 Å². The third-order valence-corrected chi connectivity index (χ3v) is 2.83. The number of rotatable bonds is 6. The quantitative estimate of drug-likeness (QED) is 0.542. The molecule has 0 saturated carbocycles. The number of aliphatic hydroxyl groups excluding tert-OH is 1. The zero-order valence-electron chi connectivity index (χ0n) is 11.6. The second kappa shape index (κ2) is 7.49. The number of aliphatic hydroxyl groups is 1. The maximum absolute atomic E-state index is 11.5. The predicted octanol–water partition coefficient (Wildman–Crippen LogP) is 1.45. The molecule has 0 fully saturated rings. The van der Waals surface area contributed by atoms with Crippen LogP contribution in [0.25, 0.3) is 0 Å². The molecule has 110 valence electrons. The minimum atomic E-state index is -0.639. The van der Waals surface area contributed by atoms with Crippen molar-refractivity contribution in [2.24, 2.45) is 0 Å². The lowest BCUT2D eigenvalue weighted by molar-refractivity contribution is -0.114. The number of carbonyl (C=O) groups excluding carboxylic acids is 2. The Labute approximate surface area is 117 Å². The topological polar surface area (TPSA) is 95.9 Å². The molecule has 0 unspecified atom stereocenters. The minimum absolute atomic E-state index is 0.0485. The van der Waals surface area contributed by atoms with E-state index in [1.54, 1.807) is 6.07 Å². The van der Waals surface area contributed by atoms with Crippen molar-refractivity contribution >= 4 is 17.6 Å². The second-order valence-corrected chi connectivity index (χ2v) is 4.34. The number of phenols is 1. The molecule has 0 heterocycles. The fourth-order valence-electron chi connectivity index (χ4n) is 1.88. The van der Waals surface area contributed by atoms with Crippen LogP contribution in [0.4, 0.5) is 5.69 Å². The summed E-state index contributed by atoms with van der Waals surface area (Å²) in [6, 6.07) is 2.96. The van der Waals surface area contributed by atoms with Crippen LogP contribution in [0.15, 0.2) is 12.1 Å². The number of methoxy groups -OCH3 is 1. The summed E-state index contributed by atoms with van der Waals surface area (Å²) in [7, 11) is 1.23. The smallest absolute Gasteiger partial charge is 0.341 e. The van der Waals surface area contributed by atoms with E-state index >= 15 is 0 Å². The van der Waals surface area contributed by atoms with Crippen molar-refractivity contribution in [2.45, 2.75) is 26.2 Å². The fourth-order valence-corrected chi connectivity index (χ4v) is 1.88. The summed E-state index contributed by atoms with van der Waals surface area (Å²) in [4.78, 5) is 22.7. The Morgan fingerprint density at radius 1 is 1.30 bits per heavy atom. The molecule has 0 aliphatic rings. The number of amides is 1. The molecule has 0 aromatic heterocycles. The van der Waals surface area contributed by atoms with Gasteiger partial charge in [0, 0.05) is 24.8 Å². The summed E-state index contributed by atoms with van der Waals surface area (Å²) in [5.74, 6) is -1.10. The molecule has 0 bridgehead atoms. The Hall–Kier alpha value is -2.08. The number of ether oxygens (including phenoxy) is 1. The van der Waals surface area contributed by atoms with Gasteiger partial charge in [0.15, 0.2) is 0 Å². The molecule has 0 saturated heterocycles. The molecule has 0 aliphatic carbocycles. The van der Waals surface area contributed by atoms with E-state index in [0.717, 1.165) is 0 Å². The molecular weight excluding hydrogens is 262 g/mol. The van der Waals surface area contributed by atoms with Gasteiger partial charge < -0.3 is 20.3 Å². The van der Waals surface area contributed by atoms with Gasteiger partial charge >= 0.3 is 5.97 Å². The molecule has 0 spiro atoms. The van der Waals surface area contributed by atoms with Gasteiger partial charge in [0.2, 0.25) is 5.91 Å². The summed E-state index contributed by atoms with van der Waals surface area (Å²) in [6.07, 6.45) is 1.63. The molecule has 1 rings (SSSR count). The fraction of sp³-hybridized carbons (Fsp3) is 0.429. The van der Waals surface area contributed by atoms with Crippen LogP contribution < -0.4 is 5.32 Å². The van der Waals surface area contributed by atoms with Crippen LogP contribution >= 0.6 is 0 Å². The van der Waals surface area contributed by atoms with E-state index in [9.17, 15) is 14.7 Å². The Morgan fingerprint density at radius 3 is 2.55 bits per heavy atom. The van der Waals surface area contributed by atoms with Gasteiger partial charge in [-0.2, -0.15) is 0 Å². The van der Waals surface area contributed by atoms with E-state index in [1.807, 2.05) is 0 Å². The van der Waals surface area contributed by atoms with Gasteiger partial charge in [-0.15, -0.1) is 0 Å². The number of hydrogen-bond acceptors (Lipinski definition) is 5. The molecule has 3 N–H and O–H groups in total. The van der Waals surface area contributed by atoms with Gasteiger partial charge in [-0.1, -0.05) is 0 Å². The summed E-state index contributed by atoms with van der Waals surface area (Å²) < 4.78 is 4.59. The SMILES string of the molecule is COC(=O)c1ccc(NC(C)=O)c(CCCCO)c1O. The van der Waals surface area contributed by atoms with Crippen LogP contribution in [0.5, 0.6) is 5.75 Å². The molecule has 1 aromatic carbocycles. The normalized spacial score (nSPS) is 10.2.